The molecule has 0 saturated heterocycles. The number of rotatable bonds is 3. The molecule has 0 fully saturated rings. The summed E-state index contributed by atoms with van der Waals surface area (Å²) in [5, 5.41) is 3.00. The van der Waals surface area contributed by atoms with Crippen molar-refractivity contribution in [3.63, 3.8) is 0 Å². The third kappa shape index (κ3) is 2.59. The molecule has 0 amide bonds. The highest BCUT2D eigenvalue weighted by atomic mass is 15.2. The first kappa shape index (κ1) is 12.4. The third-order valence-electron chi connectivity index (χ3n) is 2.82. The van der Waals surface area contributed by atoms with Gasteiger partial charge in [-0.3, -0.25) is 4.98 Å². The molecule has 0 spiro atoms. The average Bonchev–Trinajstić information content (AvgIpc) is 2.37. The number of hydrogen-bond donors (Lipinski definition) is 1. The Balaban J connectivity index is 2.37. The van der Waals surface area contributed by atoms with Gasteiger partial charge in [0.2, 0.25) is 0 Å². The Morgan fingerprint density at radius 3 is 2.33 bits per heavy atom. The van der Waals surface area contributed by atoms with Crippen molar-refractivity contribution in [2.45, 2.75) is 13.8 Å². The van der Waals surface area contributed by atoms with Crippen LogP contribution in [0.25, 0.3) is 0 Å². The van der Waals surface area contributed by atoms with E-state index in [-0.39, 0.29) is 0 Å². The van der Waals surface area contributed by atoms with Gasteiger partial charge in [-0.25, -0.2) is 4.98 Å². The maximum Gasteiger partial charge on any atom is 0.153 e. The summed E-state index contributed by atoms with van der Waals surface area (Å²) in [6, 6.07) is 6.44. The molecule has 0 atom stereocenters. The summed E-state index contributed by atoms with van der Waals surface area (Å²) >= 11 is 0. The predicted octanol–water partition coefficient (Wildman–Crippen LogP) is 2.90. The maximum absolute atomic E-state index is 4.48. The van der Waals surface area contributed by atoms with Crippen LogP contribution in [0.15, 0.2) is 30.6 Å². The Morgan fingerprint density at radius 1 is 1.06 bits per heavy atom. The van der Waals surface area contributed by atoms with Crippen LogP contribution in [0.5, 0.6) is 0 Å². The number of benzene rings is 1. The zero-order valence-corrected chi connectivity index (χ0v) is 11.2. The van der Waals surface area contributed by atoms with Crippen LogP contribution >= 0.6 is 0 Å². The summed E-state index contributed by atoms with van der Waals surface area (Å²) < 4.78 is 0. The van der Waals surface area contributed by atoms with Crippen molar-refractivity contribution in [2.24, 2.45) is 0 Å². The SMILES string of the molecule is CNc1cncc(N(C)c2cc(C)cc(C)c2)n1. The molecule has 2 aromatic rings. The number of hydrogen-bond acceptors (Lipinski definition) is 4. The maximum atomic E-state index is 4.48. The molecule has 94 valence electrons. The molecule has 18 heavy (non-hydrogen) atoms. The molecular weight excluding hydrogens is 224 g/mol. The number of aromatic nitrogens is 2. The van der Waals surface area contributed by atoms with Crippen LogP contribution in [0.1, 0.15) is 11.1 Å². The van der Waals surface area contributed by atoms with Crippen LogP contribution < -0.4 is 10.2 Å². The standard InChI is InChI=1S/C14H18N4/c1-10-5-11(2)7-12(6-10)18(4)14-9-16-8-13(15-3)17-14/h5-9H,1-4H3,(H,15,17). The largest absolute Gasteiger partial charge is 0.372 e. The monoisotopic (exact) mass is 242 g/mol. The summed E-state index contributed by atoms with van der Waals surface area (Å²) in [7, 11) is 3.84. The van der Waals surface area contributed by atoms with E-state index >= 15 is 0 Å². The second-order valence-electron chi connectivity index (χ2n) is 4.42. The van der Waals surface area contributed by atoms with E-state index in [0.717, 1.165) is 17.3 Å². The third-order valence-corrected chi connectivity index (χ3v) is 2.82. The van der Waals surface area contributed by atoms with Gasteiger partial charge < -0.3 is 10.2 Å². The predicted molar refractivity (Wildman–Crippen MR) is 75.6 cm³/mol. The lowest BCUT2D eigenvalue weighted by Gasteiger charge is -2.19. The minimum absolute atomic E-state index is 0.767. The van der Waals surface area contributed by atoms with E-state index in [1.54, 1.807) is 12.4 Å². The lowest BCUT2D eigenvalue weighted by atomic mass is 10.1. The van der Waals surface area contributed by atoms with Crippen molar-refractivity contribution in [1.82, 2.24) is 9.97 Å². The highest BCUT2D eigenvalue weighted by Crippen LogP contribution is 2.24. The first-order valence-electron chi connectivity index (χ1n) is 5.92. The summed E-state index contributed by atoms with van der Waals surface area (Å²) in [4.78, 5) is 10.7. The van der Waals surface area contributed by atoms with Gasteiger partial charge in [0.05, 0.1) is 12.4 Å². The zero-order chi connectivity index (χ0) is 13.1. The van der Waals surface area contributed by atoms with Crippen molar-refractivity contribution in [3.8, 4) is 0 Å². The molecule has 0 radical (unpaired) electrons. The highest BCUT2D eigenvalue weighted by molar-refractivity contribution is 5.61. The van der Waals surface area contributed by atoms with E-state index in [9.17, 15) is 0 Å². The Bertz CT molecular complexity index is 531. The van der Waals surface area contributed by atoms with Gasteiger partial charge in [0.15, 0.2) is 5.82 Å². The van der Waals surface area contributed by atoms with Crippen LogP contribution in [0, 0.1) is 13.8 Å². The molecule has 1 heterocycles. The molecule has 0 aliphatic heterocycles. The lowest BCUT2D eigenvalue weighted by molar-refractivity contribution is 1.08. The van der Waals surface area contributed by atoms with Gasteiger partial charge in [0, 0.05) is 19.8 Å². The summed E-state index contributed by atoms with van der Waals surface area (Å²) in [5.74, 6) is 1.59. The molecule has 0 aliphatic carbocycles. The van der Waals surface area contributed by atoms with Gasteiger partial charge >= 0.3 is 0 Å². The fourth-order valence-electron chi connectivity index (χ4n) is 1.91. The van der Waals surface area contributed by atoms with Crippen molar-refractivity contribution in [3.05, 3.63) is 41.7 Å². The number of anilines is 3. The van der Waals surface area contributed by atoms with Gasteiger partial charge in [-0.15, -0.1) is 0 Å². The van der Waals surface area contributed by atoms with E-state index in [1.807, 2.05) is 19.0 Å². The van der Waals surface area contributed by atoms with Crippen LogP contribution in [0.3, 0.4) is 0 Å². The molecule has 2 rings (SSSR count). The van der Waals surface area contributed by atoms with Crippen molar-refractivity contribution in [1.29, 1.82) is 0 Å². The van der Waals surface area contributed by atoms with Gasteiger partial charge in [-0.05, 0) is 37.1 Å². The molecule has 4 nitrogen and oxygen atoms in total. The normalized spacial score (nSPS) is 10.2. The molecular formula is C14H18N4. The first-order chi connectivity index (χ1) is 8.60. The van der Waals surface area contributed by atoms with Gasteiger partial charge in [0.1, 0.15) is 5.82 Å². The summed E-state index contributed by atoms with van der Waals surface area (Å²) in [5.41, 5.74) is 3.61. The molecule has 0 aliphatic rings. The molecule has 0 saturated carbocycles. The number of nitrogens with zero attached hydrogens (tertiary/aromatic N) is 3. The molecule has 4 heteroatoms. The lowest BCUT2D eigenvalue weighted by Crippen LogP contribution is -2.12. The molecule has 1 aromatic heterocycles. The van der Waals surface area contributed by atoms with Gasteiger partial charge in [-0.1, -0.05) is 6.07 Å². The van der Waals surface area contributed by atoms with E-state index < -0.39 is 0 Å². The van der Waals surface area contributed by atoms with Gasteiger partial charge in [-0.2, -0.15) is 0 Å². The fraction of sp³-hybridized carbons (Fsp3) is 0.286. The van der Waals surface area contributed by atoms with Crippen molar-refractivity contribution in [2.75, 3.05) is 24.3 Å². The molecule has 0 unspecified atom stereocenters. The van der Waals surface area contributed by atoms with Gasteiger partial charge in [0.25, 0.3) is 0 Å². The Kier molecular flexibility index (Phi) is 3.46. The van der Waals surface area contributed by atoms with Crippen LogP contribution in [0.2, 0.25) is 0 Å². The average molecular weight is 242 g/mol. The van der Waals surface area contributed by atoms with Crippen LogP contribution in [0.4, 0.5) is 17.3 Å². The quantitative estimate of drug-likeness (QED) is 0.898. The smallest absolute Gasteiger partial charge is 0.153 e. The second-order valence-corrected chi connectivity index (χ2v) is 4.42. The minimum atomic E-state index is 0.767. The zero-order valence-electron chi connectivity index (χ0n) is 11.2. The molecule has 0 bridgehead atoms. The van der Waals surface area contributed by atoms with E-state index in [0.29, 0.717) is 0 Å². The van der Waals surface area contributed by atoms with E-state index in [2.05, 4.69) is 47.3 Å². The molecule has 1 N–H and O–H groups in total. The Labute approximate surface area is 108 Å². The minimum Gasteiger partial charge on any atom is -0.372 e. The Morgan fingerprint density at radius 2 is 1.72 bits per heavy atom. The number of nitrogens with one attached hydrogen (secondary N) is 1. The van der Waals surface area contributed by atoms with E-state index in [4.69, 9.17) is 0 Å². The Hall–Kier alpha value is -2.10. The summed E-state index contributed by atoms with van der Waals surface area (Å²) in [6.07, 6.45) is 3.47. The van der Waals surface area contributed by atoms with E-state index in [1.165, 1.54) is 11.1 Å². The second kappa shape index (κ2) is 5.04. The number of aryl methyl sites for hydroxylation is 2. The highest BCUT2D eigenvalue weighted by Gasteiger charge is 2.07. The van der Waals surface area contributed by atoms with Crippen LogP contribution in [-0.4, -0.2) is 24.1 Å². The summed E-state index contributed by atoms with van der Waals surface area (Å²) in [6.45, 7) is 4.19. The van der Waals surface area contributed by atoms with Crippen molar-refractivity contribution < 1.29 is 0 Å². The van der Waals surface area contributed by atoms with Crippen molar-refractivity contribution >= 4 is 17.3 Å². The molecule has 1 aromatic carbocycles. The van der Waals surface area contributed by atoms with Crippen LogP contribution in [-0.2, 0) is 0 Å². The topological polar surface area (TPSA) is 41.1 Å². The fourth-order valence-corrected chi connectivity index (χ4v) is 1.91. The first-order valence-corrected chi connectivity index (χ1v) is 5.92.